The van der Waals surface area contributed by atoms with E-state index in [9.17, 15) is 4.79 Å². The second-order valence-electron chi connectivity index (χ2n) is 28.9. The second kappa shape index (κ2) is 8.06. The van der Waals surface area contributed by atoms with Crippen LogP contribution >= 0.6 is 0 Å². The molecule has 0 atom stereocenters. The summed E-state index contributed by atoms with van der Waals surface area (Å²) in [5.74, 6) is 0. The molecular weight excluding hydrogens is 969 g/mol. The summed E-state index contributed by atoms with van der Waals surface area (Å²) in [5, 5.41) is 92.1. The molecule has 1 amide bonds. The molecule has 1 heterocycles. The van der Waals surface area contributed by atoms with E-state index in [1.54, 1.807) is 313 Å². The lowest BCUT2D eigenvalue weighted by Crippen LogP contribution is -2.51. The number of nitrogens with one attached hydrogen (secondary N) is 1. The van der Waals surface area contributed by atoms with Crippen molar-refractivity contribution < 1.29 is 19.0 Å². The summed E-state index contributed by atoms with van der Waals surface area (Å²) in [4.78, 5) is 15.2. The van der Waals surface area contributed by atoms with Crippen molar-refractivity contribution in [2.24, 2.45) is 0 Å². The predicted molar refractivity (Wildman–Crippen MR) is 326 cm³/mol. The molecule has 33 rings (SSSR count). The minimum atomic E-state index is -0.528. The van der Waals surface area contributed by atoms with Gasteiger partial charge in [-0.05, 0) is 334 Å². The molecule has 352 valence electrons. The molecule has 28 aromatic rings. The molecule has 0 bridgehead atoms. The fourth-order valence-corrected chi connectivity index (χ4v) is 26.1. The van der Waals surface area contributed by atoms with Gasteiger partial charge in [0.15, 0.2) is 0 Å². The summed E-state index contributed by atoms with van der Waals surface area (Å²) in [6, 6.07) is 0. The van der Waals surface area contributed by atoms with E-state index in [1.807, 2.05) is 20.8 Å². The van der Waals surface area contributed by atoms with E-state index in [0.29, 0.717) is 33.0 Å². The maximum Gasteiger partial charge on any atom is 0.407 e. The zero-order chi connectivity index (χ0) is 48.6. The Morgan fingerprint density at radius 3 is 0.747 bits per heavy atom. The van der Waals surface area contributed by atoms with Gasteiger partial charge in [-0.15, -0.1) is 0 Å². The van der Waals surface area contributed by atoms with E-state index < -0.39 is 11.7 Å². The van der Waals surface area contributed by atoms with Gasteiger partial charge < -0.3 is 19.5 Å². The summed E-state index contributed by atoms with van der Waals surface area (Å²) in [7, 11) is 0. The lowest BCUT2D eigenvalue weighted by molar-refractivity contribution is 0.0355. The fourth-order valence-electron chi connectivity index (χ4n) is 26.1. The molecule has 1 saturated heterocycles. The van der Waals surface area contributed by atoms with Gasteiger partial charge in [-0.3, -0.25) is 4.90 Å². The first-order valence-corrected chi connectivity index (χ1v) is 29.5. The number of rotatable bonds is 9. The van der Waals surface area contributed by atoms with Crippen LogP contribution in [0, 0.1) is 0 Å². The van der Waals surface area contributed by atoms with Gasteiger partial charge >= 0.3 is 6.09 Å². The highest BCUT2D eigenvalue weighted by molar-refractivity contribution is 6.82. The van der Waals surface area contributed by atoms with Gasteiger partial charge in [0, 0.05) is 26.2 Å². The van der Waals surface area contributed by atoms with E-state index in [0.717, 1.165) is 19.6 Å². The largest absolute Gasteiger partial charge is 0.444 e. The minimum Gasteiger partial charge on any atom is -0.444 e. The van der Waals surface area contributed by atoms with Gasteiger partial charge in [0.1, 0.15) is 5.60 Å². The van der Waals surface area contributed by atoms with Crippen molar-refractivity contribution in [1.29, 1.82) is 0 Å². The van der Waals surface area contributed by atoms with Gasteiger partial charge in [0.25, 0.3) is 0 Å². The number of hydrogen-bond donors (Lipinski definition) is 1. The highest BCUT2D eigenvalue weighted by Crippen LogP contribution is 2.85. The summed E-state index contributed by atoms with van der Waals surface area (Å²) in [5.41, 5.74) is 5.97. The Balaban J connectivity index is 0.829. The number of hydrogen-bond acceptors (Lipinski definition) is 5. The van der Waals surface area contributed by atoms with Crippen molar-refractivity contribution in [2.75, 3.05) is 52.6 Å². The van der Waals surface area contributed by atoms with E-state index in [4.69, 9.17) is 14.2 Å². The third-order valence-electron chi connectivity index (χ3n) is 26.4. The molecule has 6 nitrogen and oxygen atoms in total. The molecule has 79 heavy (non-hydrogen) atoms. The van der Waals surface area contributed by atoms with Crippen LogP contribution in [0.2, 0.25) is 0 Å². The Hall–Kier alpha value is -8.39. The SMILES string of the molecule is CC(C)(C)OC(=O)NCCOCCOCCN1CC23c4c5c6c7c8c9c(c%10c%11c2c2c4c4c%12c5c5c6c6c8c8c%13c9c9c%10c%10c%11c%11c2c2c4c4c%12c%12c5c5c6c8c6c8c%13c9c9c%10c%10c%11c2c2c4c4c%12c5c6c5c8c9c%10c2c45)C73C1. The number of alkyl carbamates (subject to hydrolysis) is 1. The Morgan fingerprint density at radius 1 is 0.329 bits per heavy atom. The molecule has 1 fully saturated rings. The number of likely N-dealkylation sites (tertiary alicyclic amines) is 1. The van der Waals surface area contributed by atoms with Gasteiger partial charge in [-0.2, -0.15) is 0 Å². The molecule has 28 aromatic carbocycles. The quantitative estimate of drug-likeness (QED) is 0.115. The molecule has 0 saturated carbocycles. The maximum atomic E-state index is 12.3. The van der Waals surface area contributed by atoms with E-state index in [1.165, 1.54) is 0 Å². The van der Waals surface area contributed by atoms with Crippen LogP contribution in [0.1, 0.15) is 43.0 Å². The Labute approximate surface area is 436 Å². The Kier molecular flexibility index (Phi) is 3.38. The van der Waals surface area contributed by atoms with Crippen molar-refractivity contribution in [2.45, 2.75) is 37.2 Å². The van der Waals surface area contributed by atoms with Gasteiger partial charge in [0.05, 0.1) is 37.3 Å². The van der Waals surface area contributed by atoms with Gasteiger partial charge in [-0.1, -0.05) is 0 Å². The zero-order valence-electron chi connectivity index (χ0n) is 42.2. The first-order valence-electron chi connectivity index (χ1n) is 29.5. The maximum absolute atomic E-state index is 12.3. The first-order chi connectivity index (χ1) is 38.9. The van der Waals surface area contributed by atoms with Crippen LogP contribution < -0.4 is 5.32 Å². The van der Waals surface area contributed by atoms with Crippen LogP contribution in [0.3, 0.4) is 0 Å². The summed E-state index contributed by atoms with van der Waals surface area (Å²) in [6.45, 7) is 11.1. The normalized spacial score (nSPS) is 21.8. The third-order valence-corrected chi connectivity index (χ3v) is 26.4. The highest BCUT2D eigenvalue weighted by Gasteiger charge is 2.72. The lowest BCUT2D eigenvalue weighted by Gasteiger charge is -2.49. The Bertz CT molecular complexity index is 6850. The minimum absolute atomic E-state index is 0.247. The summed E-state index contributed by atoms with van der Waals surface area (Å²) >= 11 is 0. The van der Waals surface area contributed by atoms with Crippen molar-refractivity contribution in [3.05, 3.63) is 22.3 Å². The molecular formula is C73H26N2O4. The van der Waals surface area contributed by atoms with Crippen LogP contribution in [0.25, 0.3) is 291 Å². The van der Waals surface area contributed by atoms with Crippen molar-refractivity contribution >= 4 is 297 Å². The number of carbonyl (C=O) groups is 1. The Morgan fingerprint density at radius 2 is 0.532 bits per heavy atom. The van der Waals surface area contributed by atoms with Crippen LogP contribution in [0.4, 0.5) is 4.79 Å². The molecule has 4 aliphatic carbocycles. The van der Waals surface area contributed by atoms with Crippen molar-refractivity contribution in [1.82, 2.24) is 10.2 Å². The standard InChI is InChI=1S/C73H26N2O4/c1-71(2,3)79-70(76)74-4-6-77-8-9-78-7-5-75-10-72-66-58-50-40-30-22-14-12-13-16-20-18(14)26-34-28(20)38-32-24(16)25-17(13)21-19-15(12)23(22)31-37-27(19)35-29(21)39-33(25)43-42(32)52-46(38)56-48(34)54(44(50)36(26)30)62(66)64(56)68-60(52)61-53(43)47(39)57-49(35)55-45(37)51(41(31)40)59(58)67(72)63(55)65(57)69(61)73(68,72)11-75/h4-11H2,1-3H3,(H,74,76). The van der Waals surface area contributed by atoms with E-state index in [2.05, 4.69) is 10.2 Å². The molecule has 1 N–H and O–H groups in total. The molecule has 2 spiro atoms. The predicted octanol–water partition coefficient (Wildman–Crippen LogP) is 17.2. The average Bonchev–Trinajstić information content (AvgIpc) is 1.64. The van der Waals surface area contributed by atoms with E-state index >= 15 is 0 Å². The monoisotopic (exact) mass is 994 g/mol. The molecule has 0 unspecified atom stereocenters. The highest BCUT2D eigenvalue weighted by atomic mass is 16.6. The van der Waals surface area contributed by atoms with Crippen molar-refractivity contribution in [3.63, 3.8) is 0 Å². The number of amides is 1. The van der Waals surface area contributed by atoms with Crippen molar-refractivity contribution in [3.8, 4) is 0 Å². The number of carbonyl (C=O) groups excluding carboxylic acids is 1. The first kappa shape index (κ1) is 33.1. The molecule has 6 heteroatoms. The number of benzene rings is 18. The molecule has 0 aromatic heterocycles. The molecule has 1 aliphatic heterocycles. The van der Waals surface area contributed by atoms with Gasteiger partial charge in [-0.25, -0.2) is 4.79 Å². The number of nitrogens with zero attached hydrogens (tertiary/aromatic N) is 1. The van der Waals surface area contributed by atoms with Crippen LogP contribution in [0.15, 0.2) is 0 Å². The summed E-state index contributed by atoms with van der Waals surface area (Å²) in [6.07, 6.45) is -0.406. The zero-order valence-corrected chi connectivity index (χ0v) is 42.2. The second-order valence-corrected chi connectivity index (χ2v) is 28.9. The van der Waals surface area contributed by atoms with Gasteiger partial charge in [0.2, 0.25) is 0 Å². The van der Waals surface area contributed by atoms with Crippen LogP contribution in [-0.4, -0.2) is 69.2 Å². The molecule has 0 radical (unpaired) electrons. The fraction of sp³-hybridized carbons (Fsp3) is 0.192. The van der Waals surface area contributed by atoms with Crippen LogP contribution in [0.5, 0.6) is 0 Å². The van der Waals surface area contributed by atoms with E-state index in [-0.39, 0.29) is 10.8 Å². The molecule has 5 aliphatic rings. The summed E-state index contributed by atoms with van der Waals surface area (Å²) < 4.78 is 18.1. The third kappa shape index (κ3) is 2.07. The van der Waals surface area contributed by atoms with Crippen LogP contribution in [-0.2, 0) is 25.0 Å². The number of ether oxygens (including phenoxy) is 3. The lowest BCUT2D eigenvalue weighted by atomic mass is 9.50. The smallest absolute Gasteiger partial charge is 0.407 e. The average molecular weight is 995 g/mol. The topological polar surface area (TPSA) is 60.0 Å².